The molecule has 0 saturated carbocycles. The highest BCUT2D eigenvalue weighted by molar-refractivity contribution is 5.81. The van der Waals surface area contributed by atoms with Crippen LogP contribution in [0.1, 0.15) is 0 Å². The van der Waals surface area contributed by atoms with Crippen LogP contribution in [0.2, 0.25) is 0 Å². The van der Waals surface area contributed by atoms with E-state index in [1.807, 2.05) is 0 Å². The van der Waals surface area contributed by atoms with E-state index in [0.29, 0.717) is 0 Å². The molecule has 86 valence electrons. The molecule has 0 aliphatic carbocycles. The summed E-state index contributed by atoms with van der Waals surface area (Å²) in [7, 11) is 0. The van der Waals surface area contributed by atoms with Gasteiger partial charge in [-0.3, -0.25) is 4.99 Å². The number of anilines is 1. The third-order valence-corrected chi connectivity index (χ3v) is 2.16. The molecule has 16 heavy (non-hydrogen) atoms. The topological polar surface area (TPSA) is 15.6 Å². The summed E-state index contributed by atoms with van der Waals surface area (Å²) >= 11 is 0. The first-order valence-corrected chi connectivity index (χ1v) is 4.32. The van der Waals surface area contributed by atoms with Crippen LogP contribution >= 0.6 is 0 Å². The van der Waals surface area contributed by atoms with E-state index in [1.165, 1.54) is 0 Å². The maximum Gasteiger partial charge on any atom is 0.200 e. The number of rotatable bonds is 1. The summed E-state index contributed by atoms with van der Waals surface area (Å²) in [6.07, 6.45) is 1.04. The number of hydrogen-bond acceptors (Lipinski definition) is 2. The lowest BCUT2D eigenvalue weighted by Gasteiger charge is -2.16. The second kappa shape index (κ2) is 3.73. The van der Waals surface area contributed by atoms with Gasteiger partial charge in [-0.05, 0) is 0 Å². The quantitative estimate of drug-likeness (QED) is 0.414. The molecule has 0 radical (unpaired) electrons. The average molecular weight is 236 g/mol. The SMILES string of the molecule is Fc1c(F)c(F)c(N2C=NCC2)c(F)c1F. The molecule has 1 aliphatic rings. The number of aliphatic imine (C=N–C) groups is 1. The normalized spacial score (nSPS) is 14.9. The molecule has 0 saturated heterocycles. The summed E-state index contributed by atoms with van der Waals surface area (Å²) in [6, 6.07) is 0. The summed E-state index contributed by atoms with van der Waals surface area (Å²) in [5, 5.41) is 0. The molecule has 0 unspecified atom stereocenters. The molecular formula is C9H5F5N2. The van der Waals surface area contributed by atoms with Crippen LogP contribution in [0.3, 0.4) is 0 Å². The molecule has 0 spiro atoms. The van der Waals surface area contributed by atoms with Gasteiger partial charge in [0.1, 0.15) is 5.69 Å². The van der Waals surface area contributed by atoms with Crippen LogP contribution in [-0.4, -0.2) is 19.4 Å². The van der Waals surface area contributed by atoms with Crippen molar-refractivity contribution in [2.75, 3.05) is 18.0 Å². The minimum absolute atomic E-state index is 0.0817. The highest BCUT2D eigenvalue weighted by atomic mass is 19.2. The van der Waals surface area contributed by atoms with E-state index < -0.39 is 34.8 Å². The van der Waals surface area contributed by atoms with Crippen molar-refractivity contribution in [2.24, 2.45) is 4.99 Å². The first-order chi connectivity index (χ1) is 7.54. The summed E-state index contributed by atoms with van der Waals surface area (Å²) < 4.78 is 64.8. The lowest BCUT2D eigenvalue weighted by molar-refractivity contribution is 0.380. The fourth-order valence-corrected chi connectivity index (χ4v) is 1.39. The van der Waals surface area contributed by atoms with Gasteiger partial charge in [0.2, 0.25) is 5.82 Å². The Morgan fingerprint density at radius 1 is 0.875 bits per heavy atom. The zero-order chi connectivity index (χ0) is 11.9. The summed E-state index contributed by atoms with van der Waals surface area (Å²) in [4.78, 5) is 4.52. The molecular weight excluding hydrogens is 231 g/mol. The van der Waals surface area contributed by atoms with Gasteiger partial charge in [0.25, 0.3) is 0 Å². The molecule has 1 aliphatic heterocycles. The Morgan fingerprint density at radius 2 is 1.38 bits per heavy atom. The van der Waals surface area contributed by atoms with Gasteiger partial charge in [-0.15, -0.1) is 0 Å². The van der Waals surface area contributed by atoms with E-state index in [9.17, 15) is 22.0 Å². The Labute approximate surface area is 87.0 Å². The van der Waals surface area contributed by atoms with Gasteiger partial charge in [0.05, 0.1) is 12.9 Å². The van der Waals surface area contributed by atoms with Crippen LogP contribution in [0.15, 0.2) is 4.99 Å². The fourth-order valence-electron chi connectivity index (χ4n) is 1.39. The molecule has 1 aromatic rings. The van der Waals surface area contributed by atoms with Gasteiger partial charge in [-0.25, -0.2) is 22.0 Å². The Kier molecular flexibility index (Phi) is 2.53. The Hall–Kier alpha value is -1.66. The van der Waals surface area contributed by atoms with E-state index in [-0.39, 0.29) is 13.1 Å². The van der Waals surface area contributed by atoms with Gasteiger partial charge in [-0.2, -0.15) is 0 Å². The highest BCUT2D eigenvalue weighted by Gasteiger charge is 2.29. The molecule has 2 rings (SSSR count). The van der Waals surface area contributed by atoms with Crippen LogP contribution in [0.5, 0.6) is 0 Å². The molecule has 7 heteroatoms. The van der Waals surface area contributed by atoms with Crippen LogP contribution in [-0.2, 0) is 0 Å². The maximum atomic E-state index is 13.2. The number of benzene rings is 1. The molecule has 1 aromatic carbocycles. The van der Waals surface area contributed by atoms with Crippen molar-refractivity contribution in [2.45, 2.75) is 0 Å². The first kappa shape index (κ1) is 10.8. The van der Waals surface area contributed by atoms with Crippen molar-refractivity contribution in [3.8, 4) is 0 Å². The summed E-state index contributed by atoms with van der Waals surface area (Å²) in [5.74, 6) is -9.74. The van der Waals surface area contributed by atoms with Crippen molar-refractivity contribution >= 4 is 12.0 Å². The number of nitrogens with zero attached hydrogens (tertiary/aromatic N) is 2. The van der Waals surface area contributed by atoms with E-state index in [2.05, 4.69) is 4.99 Å². The van der Waals surface area contributed by atoms with Gasteiger partial charge in [-0.1, -0.05) is 0 Å². The van der Waals surface area contributed by atoms with Gasteiger partial charge in [0.15, 0.2) is 23.3 Å². The monoisotopic (exact) mass is 236 g/mol. The lowest BCUT2D eigenvalue weighted by atomic mass is 10.2. The lowest BCUT2D eigenvalue weighted by Crippen LogP contribution is -2.23. The predicted octanol–water partition coefficient (Wildman–Crippen LogP) is 2.23. The van der Waals surface area contributed by atoms with Gasteiger partial charge < -0.3 is 4.90 Å². The molecule has 0 fully saturated rings. The second-order valence-corrected chi connectivity index (χ2v) is 3.13. The Morgan fingerprint density at radius 3 is 1.81 bits per heavy atom. The van der Waals surface area contributed by atoms with Crippen LogP contribution in [0.4, 0.5) is 27.6 Å². The predicted molar refractivity (Wildman–Crippen MR) is 46.9 cm³/mol. The third kappa shape index (κ3) is 1.43. The standard InChI is InChI=1S/C9H5F5N2/c10-4-5(11)7(13)9(8(14)6(4)12)16-2-1-15-3-16/h3H,1-2H2. The van der Waals surface area contributed by atoms with Crippen LogP contribution in [0, 0.1) is 29.1 Å². The van der Waals surface area contributed by atoms with Crippen molar-refractivity contribution in [3.63, 3.8) is 0 Å². The zero-order valence-electron chi connectivity index (χ0n) is 7.78. The maximum absolute atomic E-state index is 13.2. The second-order valence-electron chi connectivity index (χ2n) is 3.13. The first-order valence-electron chi connectivity index (χ1n) is 4.32. The van der Waals surface area contributed by atoms with Gasteiger partial charge in [0, 0.05) is 6.54 Å². The Balaban J connectivity index is 2.64. The molecule has 0 atom stereocenters. The van der Waals surface area contributed by atoms with Crippen molar-refractivity contribution in [1.29, 1.82) is 0 Å². The van der Waals surface area contributed by atoms with Crippen LogP contribution < -0.4 is 4.90 Å². The number of hydrogen-bond donors (Lipinski definition) is 0. The largest absolute Gasteiger partial charge is 0.326 e. The van der Waals surface area contributed by atoms with E-state index in [1.54, 1.807) is 0 Å². The summed E-state index contributed by atoms with van der Waals surface area (Å²) in [6.45, 7) is 0.331. The Bertz CT molecular complexity index is 442. The minimum Gasteiger partial charge on any atom is -0.326 e. The molecule has 0 N–H and O–H groups in total. The molecule has 0 bridgehead atoms. The van der Waals surface area contributed by atoms with Crippen molar-refractivity contribution in [3.05, 3.63) is 29.1 Å². The third-order valence-electron chi connectivity index (χ3n) is 2.16. The van der Waals surface area contributed by atoms with Gasteiger partial charge >= 0.3 is 0 Å². The zero-order valence-corrected chi connectivity index (χ0v) is 7.78. The van der Waals surface area contributed by atoms with E-state index in [4.69, 9.17) is 0 Å². The van der Waals surface area contributed by atoms with E-state index >= 15 is 0 Å². The molecule has 0 amide bonds. The van der Waals surface area contributed by atoms with E-state index in [0.717, 1.165) is 11.2 Å². The highest BCUT2D eigenvalue weighted by Crippen LogP contribution is 2.30. The molecule has 0 aromatic heterocycles. The van der Waals surface area contributed by atoms with Crippen LogP contribution in [0.25, 0.3) is 0 Å². The average Bonchev–Trinajstić information content (AvgIpc) is 2.77. The summed E-state index contributed by atoms with van der Waals surface area (Å²) in [5.41, 5.74) is -0.961. The molecule has 2 nitrogen and oxygen atoms in total. The van der Waals surface area contributed by atoms with Crippen molar-refractivity contribution < 1.29 is 22.0 Å². The number of halogens is 5. The van der Waals surface area contributed by atoms with Crippen molar-refractivity contribution in [1.82, 2.24) is 0 Å². The smallest absolute Gasteiger partial charge is 0.200 e. The molecule has 1 heterocycles. The minimum atomic E-state index is -2.16. The fraction of sp³-hybridized carbons (Fsp3) is 0.222.